The fraction of sp³-hybridized carbons (Fsp3) is 0.360. The summed E-state index contributed by atoms with van der Waals surface area (Å²) in [4.78, 5) is 17.6. The van der Waals surface area contributed by atoms with Crippen molar-refractivity contribution < 1.29 is 24.1 Å². The van der Waals surface area contributed by atoms with Gasteiger partial charge in [-0.1, -0.05) is 17.7 Å². The van der Waals surface area contributed by atoms with Crippen molar-refractivity contribution in [2.45, 2.75) is 33.0 Å². The van der Waals surface area contributed by atoms with Crippen molar-refractivity contribution in [2.75, 3.05) is 26.2 Å². The summed E-state index contributed by atoms with van der Waals surface area (Å²) < 4.78 is 17.4. The second-order valence-electron chi connectivity index (χ2n) is 8.41. The first-order valence-electron chi connectivity index (χ1n) is 10.9. The maximum Gasteiger partial charge on any atom is 0.332 e. The zero-order valence-electron chi connectivity index (χ0n) is 18.7. The van der Waals surface area contributed by atoms with E-state index >= 15 is 0 Å². The molecule has 0 saturated heterocycles. The molecule has 0 unspecified atom stereocenters. The van der Waals surface area contributed by atoms with Crippen molar-refractivity contribution in [1.82, 2.24) is 9.88 Å². The summed E-state index contributed by atoms with van der Waals surface area (Å²) in [6.07, 6.45) is 6.36. The van der Waals surface area contributed by atoms with Gasteiger partial charge >= 0.3 is 5.97 Å². The van der Waals surface area contributed by atoms with Gasteiger partial charge in [0.15, 0.2) is 0 Å². The van der Waals surface area contributed by atoms with E-state index in [9.17, 15) is 9.90 Å². The minimum atomic E-state index is -0.843. The van der Waals surface area contributed by atoms with E-state index in [1.165, 1.54) is 0 Å². The molecule has 2 aromatic rings. The van der Waals surface area contributed by atoms with E-state index in [1.54, 1.807) is 18.3 Å². The number of rotatable bonds is 8. The average Bonchev–Trinajstić information content (AvgIpc) is 2.79. The van der Waals surface area contributed by atoms with Crippen LogP contribution >= 0.6 is 11.6 Å². The highest BCUT2D eigenvalue weighted by Gasteiger charge is 2.20. The van der Waals surface area contributed by atoms with Gasteiger partial charge in [0, 0.05) is 48.6 Å². The number of pyridine rings is 1. The van der Waals surface area contributed by atoms with Crippen molar-refractivity contribution in [3.8, 4) is 17.4 Å². The van der Waals surface area contributed by atoms with E-state index in [4.69, 9.17) is 25.8 Å². The second kappa shape index (κ2) is 10.3. The van der Waals surface area contributed by atoms with Gasteiger partial charge in [0.1, 0.15) is 29.7 Å². The van der Waals surface area contributed by atoms with Gasteiger partial charge in [0.05, 0.1) is 6.10 Å². The van der Waals surface area contributed by atoms with E-state index in [0.29, 0.717) is 48.5 Å². The second-order valence-corrected chi connectivity index (χ2v) is 8.82. The SMILES string of the molecule is CC(C)Oc1ncc(COc2ccc3c(c2)OCC(CN2CCC=C(C(=O)O)C2)=C3)cc1Cl. The van der Waals surface area contributed by atoms with E-state index in [1.807, 2.05) is 32.0 Å². The van der Waals surface area contributed by atoms with Gasteiger partial charge in [-0.3, -0.25) is 4.90 Å². The molecular weight excluding hydrogens is 444 g/mol. The molecule has 2 aliphatic rings. The fourth-order valence-corrected chi connectivity index (χ4v) is 4.01. The van der Waals surface area contributed by atoms with E-state index in [0.717, 1.165) is 35.4 Å². The largest absolute Gasteiger partial charge is 0.489 e. The molecule has 174 valence electrons. The predicted octanol–water partition coefficient (Wildman–Crippen LogP) is 4.59. The van der Waals surface area contributed by atoms with Gasteiger partial charge in [0.25, 0.3) is 0 Å². The van der Waals surface area contributed by atoms with E-state index in [2.05, 4.69) is 16.0 Å². The predicted molar refractivity (Wildman–Crippen MR) is 126 cm³/mol. The lowest BCUT2D eigenvalue weighted by Crippen LogP contribution is -2.34. The molecule has 1 N–H and O–H groups in total. The molecule has 0 aliphatic carbocycles. The molecule has 7 nitrogen and oxygen atoms in total. The third-order valence-electron chi connectivity index (χ3n) is 5.31. The number of aromatic nitrogens is 1. The van der Waals surface area contributed by atoms with Gasteiger partial charge in [-0.05, 0) is 50.1 Å². The van der Waals surface area contributed by atoms with Crippen molar-refractivity contribution in [3.63, 3.8) is 0 Å². The molecule has 33 heavy (non-hydrogen) atoms. The lowest BCUT2D eigenvalue weighted by molar-refractivity contribution is -0.133. The maximum absolute atomic E-state index is 11.2. The Bertz CT molecular complexity index is 1100. The molecule has 0 spiro atoms. The molecular formula is C25H27ClN2O5. The Morgan fingerprint density at radius 3 is 2.94 bits per heavy atom. The van der Waals surface area contributed by atoms with Gasteiger partial charge in [-0.25, -0.2) is 9.78 Å². The first-order chi connectivity index (χ1) is 15.9. The summed E-state index contributed by atoms with van der Waals surface area (Å²) in [6.45, 7) is 6.62. The Morgan fingerprint density at radius 1 is 1.33 bits per heavy atom. The Labute approximate surface area is 198 Å². The number of hydrogen-bond acceptors (Lipinski definition) is 6. The molecule has 0 amide bonds. The zero-order chi connectivity index (χ0) is 23.4. The third-order valence-corrected chi connectivity index (χ3v) is 5.58. The van der Waals surface area contributed by atoms with Crippen LogP contribution in [0.15, 0.2) is 47.7 Å². The van der Waals surface area contributed by atoms with Crippen LogP contribution in [0.2, 0.25) is 5.02 Å². The summed E-state index contributed by atoms with van der Waals surface area (Å²) in [6, 6.07) is 7.54. The fourth-order valence-electron chi connectivity index (χ4n) is 3.78. The van der Waals surface area contributed by atoms with Gasteiger partial charge in [-0.2, -0.15) is 0 Å². The maximum atomic E-state index is 11.2. The molecule has 1 aromatic heterocycles. The van der Waals surface area contributed by atoms with Crippen molar-refractivity contribution in [3.05, 3.63) is 63.8 Å². The highest BCUT2D eigenvalue weighted by atomic mass is 35.5. The number of carbonyl (C=O) groups is 1. The van der Waals surface area contributed by atoms with E-state index < -0.39 is 5.97 Å². The molecule has 0 saturated carbocycles. The number of hydrogen-bond donors (Lipinski definition) is 1. The molecule has 4 rings (SSSR count). The Hall–Kier alpha value is -3.03. The van der Waals surface area contributed by atoms with Gasteiger partial charge < -0.3 is 19.3 Å². The number of fused-ring (bicyclic) bond motifs is 1. The lowest BCUT2D eigenvalue weighted by atomic mass is 10.0. The standard InChI is InChI=1S/C25H27ClN2O5/c1-16(2)33-24-22(26)9-17(11-27-24)14-31-21-6-5-19-8-18(15-32-23(19)10-21)12-28-7-3-4-20(13-28)25(29)30/h4-6,8-11,16H,3,7,12-15H2,1-2H3,(H,29,30). The van der Waals surface area contributed by atoms with Gasteiger partial charge in [0.2, 0.25) is 5.88 Å². The molecule has 3 heterocycles. The van der Waals surface area contributed by atoms with E-state index in [-0.39, 0.29) is 6.10 Å². The quantitative estimate of drug-likeness (QED) is 0.604. The van der Waals surface area contributed by atoms with Crippen LogP contribution in [0.1, 0.15) is 31.4 Å². The first kappa shape index (κ1) is 23.1. The number of carboxylic acid groups (broad SMARTS) is 1. The number of ether oxygens (including phenoxy) is 3. The highest BCUT2D eigenvalue weighted by molar-refractivity contribution is 6.31. The summed E-state index contributed by atoms with van der Waals surface area (Å²) in [5, 5.41) is 9.68. The van der Waals surface area contributed by atoms with Crippen LogP contribution in [0, 0.1) is 0 Å². The van der Waals surface area contributed by atoms with Crippen molar-refractivity contribution >= 4 is 23.6 Å². The number of nitrogens with zero attached hydrogens (tertiary/aromatic N) is 2. The number of benzene rings is 1. The Balaban J connectivity index is 1.36. The van der Waals surface area contributed by atoms with Crippen LogP contribution in [-0.4, -0.2) is 53.3 Å². The Kier molecular flexibility index (Phi) is 7.20. The Morgan fingerprint density at radius 2 is 2.18 bits per heavy atom. The highest BCUT2D eigenvalue weighted by Crippen LogP contribution is 2.31. The number of aliphatic carboxylic acids is 1. The lowest BCUT2D eigenvalue weighted by Gasteiger charge is -2.28. The van der Waals surface area contributed by atoms with Gasteiger partial charge in [-0.15, -0.1) is 0 Å². The summed E-state index contributed by atoms with van der Waals surface area (Å²) in [7, 11) is 0. The first-order valence-corrected chi connectivity index (χ1v) is 11.3. The van der Waals surface area contributed by atoms with Crippen LogP contribution in [0.25, 0.3) is 6.08 Å². The minimum Gasteiger partial charge on any atom is -0.489 e. The van der Waals surface area contributed by atoms with Crippen LogP contribution in [0.5, 0.6) is 17.4 Å². The molecule has 8 heteroatoms. The monoisotopic (exact) mass is 470 g/mol. The topological polar surface area (TPSA) is 81.1 Å². The zero-order valence-corrected chi connectivity index (χ0v) is 19.5. The van der Waals surface area contributed by atoms with Crippen LogP contribution < -0.4 is 14.2 Å². The minimum absolute atomic E-state index is 0.000986. The molecule has 0 atom stereocenters. The van der Waals surface area contributed by atoms with Crippen molar-refractivity contribution in [2.24, 2.45) is 0 Å². The average molecular weight is 471 g/mol. The normalized spacial score (nSPS) is 15.9. The smallest absolute Gasteiger partial charge is 0.332 e. The van der Waals surface area contributed by atoms with Crippen LogP contribution in [0.4, 0.5) is 0 Å². The summed E-state index contributed by atoms with van der Waals surface area (Å²) >= 11 is 6.25. The molecule has 0 fully saturated rings. The number of carboxylic acids is 1. The molecule has 1 aromatic carbocycles. The summed E-state index contributed by atoms with van der Waals surface area (Å²) in [5.41, 5.74) is 3.40. The molecule has 0 radical (unpaired) electrons. The van der Waals surface area contributed by atoms with Crippen LogP contribution in [-0.2, 0) is 11.4 Å². The van der Waals surface area contributed by atoms with Crippen molar-refractivity contribution in [1.29, 1.82) is 0 Å². The third kappa shape index (κ3) is 6.06. The molecule has 2 aliphatic heterocycles. The molecule has 0 bridgehead atoms. The van der Waals surface area contributed by atoms with Crippen LogP contribution in [0.3, 0.4) is 0 Å². The summed E-state index contributed by atoms with van der Waals surface area (Å²) in [5.74, 6) is 1.03. The number of halogens is 1.